The topological polar surface area (TPSA) is 59.1 Å². The van der Waals surface area contributed by atoms with Crippen molar-refractivity contribution in [3.8, 4) is 11.5 Å². The van der Waals surface area contributed by atoms with Gasteiger partial charge in [0.2, 0.25) is 5.91 Å². The molecule has 1 aromatic rings. The number of carbonyl (C=O) groups excluding carboxylic acids is 2. The number of hydrogen-bond donors (Lipinski definition) is 0. The molecule has 0 saturated carbocycles. The number of ether oxygens (including phenoxy) is 2. The van der Waals surface area contributed by atoms with Gasteiger partial charge in [0.1, 0.15) is 6.04 Å². The van der Waals surface area contributed by atoms with Gasteiger partial charge in [0, 0.05) is 19.1 Å². The molecule has 2 amide bonds. The van der Waals surface area contributed by atoms with Gasteiger partial charge in [0.15, 0.2) is 11.5 Å². The highest BCUT2D eigenvalue weighted by Crippen LogP contribution is 2.33. The van der Waals surface area contributed by atoms with Crippen LogP contribution in [0.2, 0.25) is 0 Å². The van der Waals surface area contributed by atoms with Crippen LogP contribution < -0.4 is 9.47 Å². The van der Waals surface area contributed by atoms with E-state index in [0.29, 0.717) is 23.6 Å². The second-order valence-corrected chi connectivity index (χ2v) is 6.00. The molecule has 0 spiro atoms. The van der Waals surface area contributed by atoms with Crippen LogP contribution in [-0.2, 0) is 4.79 Å². The van der Waals surface area contributed by atoms with E-state index in [1.54, 1.807) is 30.0 Å². The number of rotatable bonds is 3. The molecule has 2 atom stereocenters. The molecule has 0 bridgehead atoms. The van der Waals surface area contributed by atoms with E-state index in [0.717, 1.165) is 19.4 Å². The van der Waals surface area contributed by atoms with Crippen LogP contribution in [0.15, 0.2) is 18.2 Å². The lowest BCUT2D eigenvalue weighted by atomic mass is 10.0. The van der Waals surface area contributed by atoms with Crippen molar-refractivity contribution in [2.45, 2.75) is 31.8 Å². The van der Waals surface area contributed by atoms with Crippen molar-refractivity contribution in [3.63, 3.8) is 0 Å². The first kappa shape index (κ1) is 15.6. The third kappa shape index (κ3) is 2.52. The Morgan fingerprint density at radius 1 is 1.26 bits per heavy atom. The van der Waals surface area contributed by atoms with E-state index in [-0.39, 0.29) is 17.9 Å². The van der Waals surface area contributed by atoms with E-state index < -0.39 is 6.04 Å². The smallest absolute Gasteiger partial charge is 0.258 e. The molecule has 2 aliphatic rings. The zero-order valence-electron chi connectivity index (χ0n) is 13.7. The minimum atomic E-state index is -0.451. The number of fused-ring (bicyclic) bond motifs is 1. The van der Waals surface area contributed by atoms with Crippen LogP contribution >= 0.6 is 0 Å². The Bertz CT molecular complexity index is 631. The standard InChI is InChI=1S/C17H22N2O4/c1-11-16(20)18-9-5-6-12(18)10-19(11)17(21)13-7-4-8-14(22-2)15(13)23-3/h4,7-8,11-12H,5-6,9-10H2,1-3H3. The van der Waals surface area contributed by atoms with E-state index in [1.807, 2.05) is 4.90 Å². The molecule has 2 fully saturated rings. The predicted octanol–water partition coefficient (Wildman–Crippen LogP) is 1.54. The second-order valence-electron chi connectivity index (χ2n) is 6.00. The normalized spacial score (nSPS) is 23.7. The SMILES string of the molecule is COc1cccc(C(=O)N2CC3CCCN3C(=O)C2C)c1OC. The zero-order chi connectivity index (χ0) is 16.6. The summed E-state index contributed by atoms with van der Waals surface area (Å²) in [5, 5.41) is 0. The van der Waals surface area contributed by atoms with Gasteiger partial charge in [0.25, 0.3) is 5.91 Å². The van der Waals surface area contributed by atoms with Crippen molar-refractivity contribution in [1.82, 2.24) is 9.80 Å². The summed E-state index contributed by atoms with van der Waals surface area (Å²) in [6.45, 7) is 3.17. The molecule has 2 aliphatic heterocycles. The number of nitrogens with zero attached hydrogens (tertiary/aromatic N) is 2. The monoisotopic (exact) mass is 318 g/mol. The van der Waals surface area contributed by atoms with Gasteiger partial charge in [-0.1, -0.05) is 6.07 Å². The molecule has 0 N–H and O–H groups in total. The average molecular weight is 318 g/mol. The lowest BCUT2D eigenvalue weighted by Crippen LogP contribution is -2.60. The van der Waals surface area contributed by atoms with Crippen molar-refractivity contribution < 1.29 is 19.1 Å². The molecule has 1 aromatic carbocycles. The molecule has 2 saturated heterocycles. The van der Waals surface area contributed by atoms with Gasteiger partial charge < -0.3 is 19.3 Å². The third-order valence-corrected chi connectivity index (χ3v) is 4.79. The maximum atomic E-state index is 13.0. The van der Waals surface area contributed by atoms with Gasteiger partial charge in [-0.2, -0.15) is 0 Å². The van der Waals surface area contributed by atoms with Crippen molar-refractivity contribution in [2.75, 3.05) is 27.3 Å². The summed E-state index contributed by atoms with van der Waals surface area (Å²) in [5.74, 6) is 0.771. The van der Waals surface area contributed by atoms with Crippen molar-refractivity contribution in [1.29, 1.82) is 0 Å². The molecular formula is C17H22N2O4. The molecule has 124 valence electrons. The van der Waals surface area contributed by atoms with Gasteiger partial charge in [-0.15, -0.1) is 0 Å². The fourth-order valence-electron chi connectivity index (χ4n) is 3.54. The molecule has 3 rings (SSSR count). The van der Waals surface area contributed by atoms with Gasteiger partial charge in [-0.05, 0) is 31.9 Å². The highest BCUT2D eigenvalue weighted by atomic mass is 16.5. The lowest BCUT2D eigenvalue weighted by molar-refractivity contribution is -0.141. The molecule has 6 heteroatoms. The molecule has 6 nitrogen and oxygen atoms in total. The van der Waals surface area contributed by atoms with Gasteiger partial charge in [0.05, 0.1) is 19.8 Å². The lowest BCUT2D eigenvalue weighted by Gasteiger charge is -2.41. The van der Waals surface area contributed by atoms with E-state index in [4.69, 9.17) is 9.47 Å². The number of methoxy groups -OCH3 is 2. The Kier molecular flexibility index (Phi) is 4.15. The highest BCUT2D eigenvalue weighted by Gasteiger charge is 2.42. The first-order valence-electron chi connectivity index (χ1n) is 7.91. The molecule has 2 unspecified atom stereocenters. The van der Waals surface area contributed by atoms with Crippen LogP contribution in [0.25, 0.3) is 0 Å². The van der Waals surface area contributed by atoms with Crippen LogP contribution in [0, 0.1) is 0 Å². The summed E-state index contributed by atoms with van der Waals surface area (Å²) in [6.07, 6.45) is 1.96. The Hall–Kier alpha value is -2.24. The Balaban J connectivity index is 1.92. The van der Waals surface area contributed by atoms with Crippen LogP contribution in [0.4, 0.5) is 0 Å². The summed E-state index contributed by atoms with van der Waals surface area (Å²) >= 11 is 0. The highest BCUT2D eigenvalue weighted by molar-refractivity contribution is 6.01. The fourth-order valence-corrected chi connectivity index (χ4v) is 3.54. The maximum Gasteiger partial charge on any atom is 0.258 e. The van der Waals surface area contributed by atoms with Gasteiger partial charge in [-0.3, -0.25) is 9.59 Å². The number of amides is 2. The van der Waals surface area contributed by atoms with Crippen LogP contribution in [-0.4, -0.2) is 61.0 Å². The summed E-state index contributed by atoms with van der Waals surface area (Å²) in [4.78, 5) is 29.1. The largest absolute Gasteiger partial charge is 0.493 e. The number of benzene rings is 1. The quantitative estimate of drug-likeness (QED) is 0.848. The maximum absolute atomic E-state index is 13.0. The molecule has 2 heterocycles. The average Bonchev–Trinajstić information content (AvgIpc) is 3.05. The molecule has 23 heavy (non-hydrogen) atoms. The second kappa shape index (κ2) is 6.10. The third-order valence-electron chi connectivity index (χ3n) is 4.79. The van der Waals surface area contributed by atoms with Gasteiger partial charge in [-0.25, -0.2) is 0 Å². The number of carbonyl (C=O) groups is 2. The zero-order valence-corrected chi connectivity index (χ0v) is 13.7. The summed E-state index contributed by atoms with van der Waals surface area (Å²) in [6, 6.07) is 4.90. The van der Waals surface area contributed by atoms with Crippen molar-refractivity contribution in [2.24, 2.45) is 0 Å². The van der Waals surface area contributed by atoms with Gasteiger partial charge >= 0.3 is 0 Å². The van der Waals surface area contributed by atoms with Crippen LogP contribution in [0.3, 0.4) is 0 Å². The van der Waals surface area contributed by atoms with Crippen molar-refractivity contribution >= 4 is 11.8 Å². The fraction of sp³-hybridized carbons (Fsp3) is 0.529. The van der Waals surface area contributed by atoms with E-state index >= 15 is 0 Å². The van der Waals surface area contributed by atoms with Crippen molar-refractivity contribution in [3.05, 3.63) is 23.8 Å². The van der Waals surface area contributed by atoms with Crippen LogP contribution in [0.5, 0.6) is 11.5 Å². The molecular weight excluding hydrogens is 296 g/mol. The number of piperazine rings is 1. The minimum Gasteiger partial charge on any atom is -0.493 e. The number of hydrogen-bond acceptors (Lipinski definition) is 4. The van der Waals surface area contributed by atoms with E-state index in [9.17, 15) is 9.59 Å². The Labute approximate surface area is 136 Å². The number of para-hydroxylation sites is 1. The first-order valence-corrected chi connectivity index (χ1v) is 7.91. The Morgan fingerprint density at radius 2 is 2.04 bits per heavy atom. The Morgan fingerprint density at radius 3 is 2.74 bits per heavy atom. The molecule has 0 radical (unpaired) electrons. The van der Waals surface area contributed by atoms with E-state index in [2.05, 4.69) is 0 Å². The first-order chi connectivity index (χ1) is 11.1. The summed E-state index contributed by atoms with van der Waals surface area (Å²) in [7, 11) is 3.05. The minimum absolute atomic E-state index is 0.0361. The molecule has 0 aromatic heterocycles. The van der Waals surface area contributed by atoms with E-state index in [1.165, 1.54) is 14.2 Å². The molecule has 0 aliphatic carbocycles. The summed E-state index contributed by atoms with van der Waals surface area (Å²) < 4.78 is 10.6. The summed E-state index contributed by atoms with van der Waals surface area (Å²) in [5.41, 5.74) is 0.429. The van der Waals surface area contributed by atoms with Crippen LogP contribution in [0.1, 0.15) is 30.1 Å². The predicted molar refractivity (Wildman–Crippen MR) is 84.8 cm³/mol.